The van der Waals surface area contributed by atoms with Gasteiger partial charge in [0.1, 0.15) is 17.8 Å². The highest BCUT2D eigenvalue weighted by molar-refractivity contribution is 6.48. The molecule has 1 saturated heterocycles. The molecule has 248 valence electrons. The zero-order valence-corrected chi connectivity index (χ0v) is 28.3. The van der Waals surface area contributed by atoms with Crippen molar-refractivity contribution in [3.63, 3.8) is 0 Å². The number of carbonyl (C=O) groups is 3. The number of carbonyl (C=O) groups excluding carboxylic acids is 3. The topological polar surface area (TPSA) is 132 Å². The van der Waals surface area contributed by atoms with E-state index in [2.05, 4.69) is 60.5 Å². The molecule has 3 aliphatic carbocycles. The number of hydrogen-bond acceptors (Lipinski definition) is 7. The summed E-state index contributed by atoms with van der Waals surface area (Å²) in [6.45, 7) is 15.0. The van der Waals surface area contributed by atoms with Crippen molar-refractivity contribution in [2.24, 2.45) is 29.1 Å². The van der Waals surface area contributed by atoms with Crippen molar-refractivity contribution >= 4 is 24.8 Å². The molecular formula is C35H50BN5O5. The number of nitrogens with zero attached hydrogens (tertiary/aromatic N) is 2. The third kappa shape index (κ3) is 7.30. The first-order valence-electron chi connectivity index (χ1n) is 16.8. The second-order valence-corrected chi connectivity index (χ2v) is 15.1. The van der Waals surface area contributed by atoms with E-state index in [1.807, 2.05) is 44.2 Å². The van der Waals surface area contributed by atoms with Crippen LogP contribution in [0.1, 0.15) is 90.2 Å². The minimum atomic E-state index is -0.890. The first-order chi connectivity index (χ1) is 21.8. The normalized spacial score (nSPS) is 26.5. The van der Waals surface area contributed by atoms with Gasteiger partial charge in [0.15, 0.2) is 0 Å². The monoisotopic (exact) mass is 631 g/mol. The minimum absolute atomic E-state index is 0.00429. The zero-order valence-electron chi connectivity index (χ0n) is 28.3. The van der Waals surface area contributed by atoms with E-state index in [0.29, 0.717) is 24.7 Å². The van der Waals surface area contributed by atoms with Crippen LogP contribution in [0.2, 0.25) is 0 Å². The van der Waals surface area contributed by atoms with Gasteiger partial charge in [-0.2, -0.15) is 0 Å². The Balaban J connectivity index is 1.34. The van der Waals surface area contributed by atoms with Crippen molar-refractivity contribution in [2.45, 2.75) is 110 Å². The molecule has 4 aliphatic rings. The lowest BCUT2D eigenvalue weighted by molar-refractivity contribution is -0.199. The number of rotatable bonds is 13. The van der Waals surface area contributed by atoms with Crippen LogP contribution in [-0.4, -0.2) is 64.5 Å². The molecule has 2 aromatic rings. The second kappa shape index (κ2) is 13.8. The van der Waals surface area contributed by atoms with Crippen molar-refractivity contribution in [1.82, 2.24) is 25.9 Å². The van der Waals surface area contributed by atoms with Gasteiger partial charge in [-0.15, -0.1) is 0 Å². The van der Waals surface area contributed by atoms with Crippen molar-refractivity contribution in [3.8, 4) is 0 Å². The standard InChI is InChI=1S/C35H50BN5O5/c1-21(2)15-25(39-33(44)27-20-37-13-14-38-27)31(42)40-26(17-23-11-9-8-10-12-23)32(43)41-30(16-22(3)4)36-45-29-19-24-18-28(34(24,5)6)35(29,7)46-36/h8-14,20-22,24-26,28-30H,15-19H2,1-7H3,(H,39,44)(H,40,42)(H,41,43)/t24-,25-,26-,28-,29-,30-,35+/m0/s1. The van der Waals surface area contributed by atoms with E-state index in [4.69, 9.17) is 9.31 Å². The van der Waals surface area contributed by atoms with Gasteiger partial charge in [-0.25, -0.2) is 4.98 Å². The molecule has 3 amide bonds. The highest BCUT2D eigenvalue weighted by atomic mass is 16.7. The predicted molar refractivity (Wildman–Crippen MR) is 176 cm³/mol. The Kier molecular flexibility index (Phi) is 10.2. The van der Waals surface area contributed by atoms with Crippen LogP contribution in [0.4, 0.5) is 0 Å². The zero-order chi connectivity index (χ0) is 33.2. The Labute approximate surface area is 273 Å². The van der Waals surface area contributed by atoms with Crippen LogP contribution in [0.15, 0.2) is 48.9 Å². The number of hydrogen-bond donors (Lipinski definition) is 3. The average Bonchev–Trinajstić information content (AvgIpc) is 3.37. The molecule has 11 heteroatoms. The molecule has 4 fully saturated rings. The molecule has 1 aliphatic heterocycles. The molecule has 7 atom stereocenters. The van der Waals surface area contributed by atoms with E-state index < -0.39 is 42.6 Å². The fraction of sp³-hybridized carbons (Fsp3) is 0.629. The maximum absolute atomic E-state index is 14.1. The van der Waals surface area contributed by atoms with E-state index in [1.165, 1.54) is 18.6 Å². The molecule has 3 N–H and O–H groups in total. The number of aromatic nitrogens is 2. The minimum Gasteiger partial charge on any atom is -0.404 e. The smallest absolute Gasteiger partial charge is 0.404 e. The maximum Gasteiger partial charge on any atom is 0.481 e. The molecule has 6 rings (SSSR count). The molecule has 1 aromatic carbocycles. The van der Waals surface area contributed by atoms with Gasteiger partial charge in [0.05, 0.1) is 23.8 Å². The Bertz CT molecular complexity index is 1380. The van der Waals surface area contributed by atoms with E-state index in [0.717, 1.165) is 18.4 Å². The molecule has 1 aromatic heterocycles. The summed E-state index contributed by atoms with van der Waals surface area (Å²) < 4.78 is 13.4. The molecule has 0 unspecified atom stereocenters. The van der Waals surface area contributed by atoms with Crippen LogP contribution in [-0.2, 0) is 25.3 Å². The Morgan fingerprint density at radius 3 is 2.24 bits per heavy atom. The molecule has 3 saturated carbocycles. The summed E-state index contributed by atoms with van der Waals surface area (Å²) in [6, 6.07) is 7.84. The van der Waals surface area contributed by atoms with Gasteiger partial charge in [-0.3, -0.25) is 19.4 Å². The van der Waals surface area contributed by atoms with Gasteiger partial charge in [0.25, 0.3) is 5.91 Å². The Morgan fingerprint density at radius 2 is 1.61 bits per heavy atom. The highest BCUT2D eigenvalue weighted by Gasteiger charge is 2.68. The molecule has 0 radical (unpaired) electrons. The van der Waals surface area contributed by atoms with Gasteiger partial charge in [-0.05, 0) is 67.3 Å². The summed E-state index contributed by atoms with van der Waals surface area (Å²) in [6.07, 6.45) is 7.69. The lowest BCUT2D eigenvalue weighted by Gasteiger charge is -2.64. The average molecular weight is 632 g/mol. The lowest BCUT2D eigenvalue weighted by atomic mass is 9.43. The summed E-state index contributed by atoms with van der Waals surface area (Å²) >= 11 is 0. The van der Waals surface area contributed by atoms with Gasteiger partial charge in [0.2, 0.25) is 11.8 Å². The summed E-state index contributed by atoms with van der Waals surface area (Å²) in [7, 11) is -0.579. The molecule has 46 heavy (non-hydrogen) atoms. The predicted octanol–water partition coefficient (Wildman–Crippen LogP) is 4.15. The Hall–Kier alpha value is -3.31. The molecular weight excluding hydrogens is 581 g/mol. The van der Waals surface area contributed by atoms with Crippen molar-refractivity contribution in [1.29, 1.82) is 0 Å². The van der Waals surface area contributed by atoms with Gasteiger partial charge in [-0.1, -0.05) is 71.9 Å². The number of nitrogens with one attached hydrogen (secondary N) is 3. The van der Waals surface area contributed by atoms with E-state index in [-0.39, 0.29) is 41.4 Å². The van der Waals surface area contributed by atoms with E-state index in [1.54, 1.807) is 0 Å². The highest BCUT2D eigenvalue weighted by Crippen LogP contribution is 2.65. The van der Waals surface area contributed by atoms with E-state index in [9.17, 15) is 14.4 Å². The van der Waals surface area contributed by atoms with Crippen LogP contribution in [0.5, 0.6) is 0 Å². The summed E-state index contributed by atoms with van der Waals surface area (Å²) in [5, 5.41) is 9.01. The van der Waals surface area contributed by atoms with Gasteiger partial charge in [0, 0.05) is 18.8 Å². The van der Waals surface area contributed by atoms with Crippen molar-refractivity contribution in [2.75, 3.05) is 0 Å². The van der Waals surface area contributed by atoms with Crippen molar-refractivity contribution in [3.05, 3.63) is 60.2 Å². The third-order valence-electron chi connectivity index (χ3n) is 10.4. The van der Waals surface area contributed by atoms with Crippen LogP contribution in [0, 0.1) is 29.1 Å². The van der Waals surface area contributed by atoms with Gasteiger partial charge < -0.3 is 25.3 Å². The van der Waals surface area contributed by atoms with Crippen LogP contribution in [0.25, 0.3) is 0 Å². The quantitative estimate of drug-likeness (QED) is 0.283. The SMILES string of the molecule is CC(C)C[C@H](NC(=O)[C@H](Cc1ccccc1)NC(=O)[C@H](CC(C)C)NC(=O)c1cnccn1)B1O[C@H]2C[C@@H]3C[C@@H](C3(C)C)[C@@]2(C)O1. The number of benzene rings is 1. The number of amides is 3. The molecule has 10 nitrogen and oxygen atoms in total. The third-order valence-corrected chi connectivity index (χ3v) is 10.4. The summed E-state index contributed by atoms with van der Waals surface area (Å²) in [4.78, 5) is 48.9. The summed E-state index contributed by atoms with van der Waals surface area (Å²) in [5.41, 5.74) is 0.832. The lowest BCUT2D eigenvalue weighted by Crippen LogP contribution is -2.65. The first kappa shape index (κ1) is 34.0. The second-order valence-electron chi connectivity index (χ2n) is 15.1. The van der Waals surface area contributed by atoms with Gasteiger partial charge >= 0.3 is 7.12 Å². The van der Waals surface area contributed by atoms with Crippen LogP contribution in [0.3, 0.4) is 0 Å². The van der Waals surface area contributed by atoms with E-state index >= 15 is 0 Å². The Morgan fingerprint density at radius 1 is 0.913 bits per heavy atom. The first-order valence-corrected chi connectivity index (χ1v) is 16.8. The largest absolute Gasteiger partial charge is 0.481 e. The van der Waals surface area contributed by atoms with Crippen molar-refractivity contribution < 1.29 is 23.7 Å². The molecule has 0 spiro atoms. The molecule has 2 heterocycles. The fourth-order valence-electron chi connectivity index (χ4n) is 7.78. The fourth-order valence-corrected chi connectivity index (χ4v) is 7.78. The van der Waals surface area contributed by atoms with Crippen LogP contribution >= 0.6 is 0 Å². The summed E-state index contributed by atoms with van der Waals surface area (Å²) in [5.74, 6) is -0.243. The molecule has 2 bridgehead atoms. The van der Waals surface area contributed by atoms with Crippen LogP contribution < -0.4 is 16.0 Å². The maximum atomic E-state index is 14.1.